The number of rotatable bonds is 6. The first-order valence-electron chi connectivity index (χ1n) is 7.88. The van der Waals surface area contributed by atoms with Gasteiger partial charge in [-0.25, -0.2) is 0 Å². The largest absolute Gasteiger partial charge is 0.381 e. The molecule has 0 aromatic carbocycles. The lowest BCUT2D eigenvalue weighted by atomic mass is 9.72. The highest BCUT2D eigenvalue weighted by molar-refractivity contribution is 4.90. The summed E-state index contributed by atoms with van der Waals surface area (Å²) in [5.41, 5.74) is 0. The highest BCUT2D eigenvalue weighted by atomic mass is 16.5. The molecule has 0 spiro atoms. The van der Waals surface area contributed by atoms with Crippen molar-refractivity contribution in [2.45, 2.75) is 53.0 Å². The molecule has 2 rings (SSSR count). The molecule has 1 heterocycles. The summed E-state index contributed by atoms with van der Waals surface area (Å²) in [6.07, 6.45) is 4.13. The summed E-state index contributed by atoms with van der Waals surface area (Å²) in [5, 5.41) is 0. The first-order chi connectivity index (χ1) is 8.56. The zero-order chi connectivity index (χ0) is 13.1. The molecule has 0 N–H and O–H groups in total. The Morgan fingerprint density at radius 1 is 1.17 bits per heavy atom. The zero-order valence-corrected chi connectivity index (χ0v) is 12.7. The molecule has 106 valence electrons. The Balaban J connectivity index is 1.81. The molecule has 0 radical (unpaired) electrons. The van der Waals surface area contributed by atoms with E-state index in [0.29, 0.717) is 0 Å². The fourth-order valence-electron chi connectivity index (χ4n) is 3.37. The molecule has 1 unspecified atom stereocenters. The molecule has 2 nitrogen and oxygen atoms in total. The second-order valence-corrected chi connectivity index (χ2v) is 7.21. The molecular formula is C16H31NO. The first kappa shape index (κ1) is 14.3. The van der Waals surface area contributed by atoms with Gasteiger partial charge < -0.3 is 4.74 Å². The quantitative estimate of drug-likeness (QED) is 0.719. The minimum Gasteiger partial charge on any atom is -0.381 e. The van der Waals surface area contributed by atoms with Crippen LogP contribution in [0.1, 0.15) is 47.0 Å². The van der Waals surface area contributed by atoms with Crippen molar-refractivity contribution in [3.63, 3.8) is 0 Å². The van der Waals surface area contributed by atoms with Gasteiger partial charge in [-0.2, -0.15) is 0 Å². The van der Waals surface area contributed by atoms with Crippen molar-refractivity contribution in [2.75, 3.05) is 26.3 Å². The highest BCUT2D eigenvalue weighted by Crippen LogP contribution is 2.37. The van der Waals surface area contributed by atoms with Crippen LogP contribution < -0.4 is 0 Å². The minimum atomic E-state index is 0.783. The SMILES string of the molecule is CC(C)CN(CC1CCOC1)C1CC(C(C)C)C1. The molecule has 1 aliphatic heterocycles. The van der Waals surface area contributed by atoms with E-state index in [2.05, 4.69) is 32.6 Å². The lowest BCUT2D eigenvalue weighted by Gasteiger charge is -2.46. The van der Waals surface area contributed by atoms with Gasteiger partial charge in [0.2, 0.25) is 0 Å². The average molecular weight is 253 g/mol. The van der Waals surface area contributed by atoms with Crippen molar-refractivity contribution < 1.29 is 4.74 Å². The molecule has 2 fully saturated rings. The van der Waals surface area contributed by atoms with Gasteiger partial charge in [0.05, 0.1) is 6.61 Å². The van der Waals surface area contributed by atoms with E-state index in [1.165, 1.54) is 32.4 Å². The summed E-state index contributed by atoms with van der Waals surface area (Å²) in [7, 11) is 0. The number of hydrogen-bond acceptors (Lipinski definition) is 2. The molecule has 0 bridgehead atoms. The van der Waals surface area contributed by atoms with Gasteiger partial charge in [-0.15, -0.1) is 0 Å². The Bertz CT molecular complexity index is 239. The van der Waals surface area contributed by atoms with Gasteiger partial charge in [0, 0.05) is 25.7 Å². The third kappa shape index (κ3) is 3.71. The molecule has 1 saturated carbocycles. The molecule has 0 amide bonds. The molecule has 1 atom stereocenters. The van der Waals surface area contributed by atoms with E-state index in [1.54, 1.807) is 0 Å². The van der Waals surface area contributed by atoms with E-state index >= 15 is 0 Å². The standard InChI is InChI=1S/C16H31NO/c1-12(2)9-17(10-14-5-6-18-11-14)16-7-15(8-16)13(3)4/h12-16H,5-11H2,1-4H3. The summed E-state index contributed by atoms with van der Waals surface area (Å²) in [6.45, 7) is 14.0. The summed E-state index contributed by atoms with van der Waals surface area (Å²) in [5.74, 6) is 3.42. The third-order valence-electron chi connectivity index (χ3n) is 4.73. The maximum absolute atomic E-state index is 5.53. The highest BCUT2D eigenvalue weighted by Gasteiger charge is 2.36. The van der Waals surface area contributed by atoms with Crippen LogP contribution in [0.15, 0.2) is 0 Å². The number of ether oxygens (including phenoxy) is 1. The van der Waals surface area contributed by atoms with Crippen LogP contribution in [0.2, 0.25) is 0 Å². The van der Waals surface area contributed by atoms with Crippen molar-refractivity contribution in [1.82, 2.24) is 4.90 Å². The van der Waals surface area contributed by atoms with Crippen molar-refractivity contribution in [3.8, 4) is 0 Å². The van der Waals surface area contributed by atoms with Crippen molar-refractivity contribution in [1.29, 1.82) is 0 Å². The topological polar surface area (TPSA) is 12.5 Å². The zero-order valence-electron chi connectivity index (χ0n) is 12.7. The maximum Gasteiger partial charge on any atom is 0.0507 e. The molecule has 2 aliphatic rings. The van der Waals surface area contributed by atoms with Gasteiger partial charge in [0.25, 0.3) is 0 Å². The van der Waals surface area contributed by atoms with Crippen LogP contribution in [0.4, 0.5) is 0 Å². The Labute approximate surface area is 113 Å². The van der Waals surface area contributed by atoms with Crippen LogP contribution in [-0.4, -0.2) is 37.2 Å². The molecule has 18 heavy (non-hydrogen) atoms. The maximum atomic E-state index is 5.53. The first-order valence-corrected chi connectivity index (χ1v) is 7.88. The molecule has 2 heteroatoms. The van der Waals surface area contributed by atoms with E-state index in [0.717, 1.165) is 42.9 Å². The normalized spacial score (nSPS) is 32.5. The van der Waals surface area contributed by atoms with Crippen molar-refractivity contribution in [2.24, 2.45) is 23.7 Å². The van der Waals surface area contributed by atoms with Crippen LogP contribution >= 0.6 is 0 Å². The third-order valence-corrected chi connectivity index (χ3v) is 4.73. The summed E-state index contributed by atoms with van der Waals surface area (Å²) in [4.78, 5) is 2.77. The Morgan fingerprint density at radius 3 is 2.39 bits per heavy atom. The number of nitrogens with zero attached hydrogens (tertiary/aromatic N) is 1. The second-order valence-electron chi connectivity index (χ2n) is 7.21. The van der Waals surface area contributed by atoms with Crippen LogP contribution in [0.5, 0.6) is 0 Å². The van der Waals surface area contributed by atoms with Gasteiger partial charge in [-0.1, -0.05) is 27.7 Å². The predicted molar refractivity (Wildman–Crippen MR) is 76.7 cm³/mol. The molecule has 1 aliphatic carbocycles. The monoisotopic (exact) mass is 253 g/mol. The fraction of sp³-hybridized carbons (Fsp3) is 1.00. The van der Waals surface area contributed by atoms with Crippen LogP contribution in [0, 0.1) is 23.7 Å². The van der Waals surface area contributed by atoms with Crippen molar-refractivity contribution in [3.05, 3.63) is 0 Å². The Kier molecular flexibility index (Phi) is 5.08. The Hall–Kier alpha value is -0.0800. The van der Waals surface area contributed by atoms with Gasteiger partial charge in [-0.05, 0) is 42.9 Å². The van der Waals surface area contributed by atoms with Gasteiger partial charge in [-0.3, -0.25) is 4.90 Å². The van der Waals surface area contributed by atoms with Gasteiger partial charge >= 0.3 is 0 Å². The molecule has 0 aromatic heterocycles. The molecule has 0 aromatic rings. The second kappa shape index (κ2) is 6.38. The predicted octanol–water partition coefficient (Wildman–Crippen LogP) is 3.42. The lowest BCUT2D eigenvalue weighted by molar-refractivity contribution is 0.0347. The van der Waals surface area contributed by atoms with E-state index in [1.807, 2.05) is 0 Å². The van der Waals surface area contributed by atoms with E-state index in [4.69, 9.17) is 4.74 Å². The van der Waals surface area contributed by atoms with Crippen LogP contribution in [0.25, 0.3) is 0 Å². The Morgan fingerprint density at radius 2 is 1.89 bits per heavy atom. The fourth-order valence-corrected chi connectivity index (χ4v) is 3.37. The molecule has 1 saturated heterocycles. The smallest absolute Gasteiger partial charge is 0.0507 e. The number of hydrogen-bond donors (Lipinski definition) is 0. The van der Waals surface area contributed by atoms with Crippen molar-refractivity contribution >= 4 is 0 Å². The lowest BCUT2D eigenvalue weighted by Crippen LogP contribution is -2.49. The average Bonchev–Trinajstić information content (AvgIpc) is 2.65. The van der Waals surface area contributed by atoms with Gasteiger partial charge in [0.1, 0.15) is 0 Å². The minimum absolute atomic E-state index is 0.783. The van der Waals surface area contributed by atoms with E-state index < -0.39 is 0 Å². The van der Waals surface area contributed by atoms with Gasteiger partial charge in [0.15, 0.2) is 0 Å². The van der Waals surface area contributed by atoms with E-state index in [9.17, 15) is 0 Å². The van der Waals surface area contributed by atoms with Crippen LogP contribution in [0.3, 0.4) is 0 Å². The van der Waals surface area contributed by atoms with E-state index in [-0.39, 0.29) is 0 Å². The van der Waals surface area contributed by atoms with Crippen LogP contribution in [-0.2, 0) is 4.74 Å². The summed E-state index contributed by atoms with van der Waals surface area (Å²) >= 11 is 0. The summed E-state index contributed by atoms with van der Waals surface area (Å²) < 4.78 is 5.53. The summed E-state index contributed by atoms with van der Waals surface area (Å²) in [6, 6.07) is 0.861. The molecular weight excluding hydrogens is 222 g/mol.